The zero-order valence-corrected chi connectivity index (χ0v) is 19.1. The van der Waals surface area contributed by atoms with Crippen molar-refractivity contribution in [3.8, 4) is 11.1 Å². The van der Waals surface area contributed by atoms with Gasteiger partial charge in [0, 0.05) is 11.4 Å². The summed E-state index contributed by atoms with van der Waals surface area (Å²) in [6.07, 6.45) is 17.1. The summed E-state index contributed by atoms with van der Waals surface area (Å²) in [6.45, 7) is 2.32. The van der Waals surface area contributed by atoms with Crippen molar-refractivity contribution in [2.45, 2.75) is 31.6 Å². The second kappa shape index (κ2) is 8.08. The molecule has 3 aliphatic carbocycles. The molecule has 0 saturated heterocycles. The van der Waals surface area contributed by atoms with Crippen LogP contribution in [0.15, 0.2) is 121 Å². The number of allylic oxidation sites excluding steroid dienone is 8. The smallest absolute Gasteiger partial charge is 0.0711 e. The molecule has 3 aromatic carbocycles. The maximum atomic E-state index is 3.71. The Morgan fingerprint density at radius 2 is 1.67 bits per heavy atom. The first-order valence-electron chi connectivity index (χ1n) is 12.1. The SMILES string of the molecule is C[C@H]1C=C(C2(c3ccccc3)c3ccccc3-c3ccc(NC4=CC=CCC4)cc32)C=CC1. The van der Waals surface area contributed by atoms with E-state index in [4.69, 9.17) is 0 Å². The first-order chi connectivity index (χ1) is 16.3. The lowest BCUT2D eigenvalue weighted by Crippen LogP contribution is -2.30. The van der Waals surface area contributed by atoms with Gasteiger partial charge in [0.2, 0.25) is 0 Å². The minimum Gasteiger partial charge on any atom is -0.359 e. The summed E-state index contributed by atoms with van der Waals surface area (Å²) in [5.41, 5.74) is 10.3. The lowest BCUT2D eigenvalue weighted by atomic mass is 9.65. The maximum absolute atomic E-state index is 3.71. The Kier molecular flexibility index (Phi) is 4.91. The Morgan fingerprint density at radius 1 is 0.848 bits per heavy atom. The van der Waals surface area contributed by atoms with Crippen molar-refractivity contribution in [2.75, 3.05) is 5.32 Å². The molecule has 1 unspecified atom stereocenters. The van der Waals surface area contributed by atoms with Crippen LogP contribution in [0, 0.1) is 5.92 Å². The summed E-state index contributed by atoms with van der Waals surface area (Å²) in [5.74, 6) is 0.530. The minimum atomic E-state index is -0.309. The lowest BCUT2D eigenvalue weighted by Gasteiger charge is -2.36. The number of hydrogen-bond acceptors (Lipinski definition) is 1. The lowest BCUT2D eigenvalue weighted by molar-refractivity contribution is 0.683. The van der Waals surface area contributed by atoms with E-state index in [0.29, 0.717) is 5.92 Å². The van der Waals surface area contributed by atoms with Gasteiger partial charge in [0.25, 0.3) is 0 Å². The molecule has 0 aliphatic heterocycles. The Labute approximate surface area is 196 Å². The van der Waals surface area contributed by atoms with E-state index in [0.717, 1.165) is 24.9 Å². The Morgan fingerprint density at radius 3 is 2.48 bits per heavy atom. The first-order valence-corrected chi connectivity index (χ1v) is 12.1. The molecule has 1 heteroatoms. The largest absolute Gasteiger partial charge is 0.359 e. The van der Waals surface area contributed by atoms with Crippen molar-refractivity contribution in [2.24, 2.45) is 5.92 Å². The van der Waals surface area contributed by atoms with Crippen LogP contribution in [-0.2, 0) is 5.41 Å². The summed E-state index contributed by atoms with van der Waals surface area (Å²) in [4.78, 5) is 0. The highest BCUT2D eigenvalue weighted by molar-refractivity contribution is 5.88. The zero-order valence-electron chi connectivity index (χ0n) is 19.1. The third-order valence-electron chi connectivity index (χ3n) is 7.27. The highest BCUT2D eigenvalue weighted by Crippen LogP contribution is 2.57. The van der Waals surface area contributed by atoms with Crippen molar-refractivity contribution in [3.05, 3.63) is 137 Å². The van der Waals surface area contributed by atoms with E-state index in [1.54, 1.807) is 0 Å². The number of benzene rings is 3. The molecule has 33 heavy (non-hydrogen) atoms. The molecular formula is C32H29N. The van der Waals surface area contributed by atoms with Crippen LogP contribution in [0.2, 0.25) is 0 Å². The molecular weight excluding hydrogens is 398 g/mol. The molecule has 0 bridgehead atoms. The third-order valence-corrected chi connectivity index (χ3v) is 7.27. The molecule has 2 atom stereocenters. The van der Waals surface area contributed by atoms with Gasteiger partial charge in [0.15, 0.2) is 0 Å². The van der Waals surface area contributed by atoms with Gasteiger partial charge in [-0.25, -0.2) is 0 Å². The fourth-order valence-corrected chi connectivity index (χ4v) is 5.82. The van der Waals surface area contributed by atoms with E-state index in [1.165, 1.54) is 39.1 Å². The van der Waals surface area contributed by atoms with Crippen LogP contribution in [-0.4, -0.2) is 0 Å². The van der Waals surface area contributed by atoms with Gasteiger partial charge in [-0.2, -0.15) is 0 Å². The van der Waals surface area contributed by atoms with Gasteiger partial charge in [-0.15, -0.1) is 0 Å². The average molecular weight is 428 g/mol. The second-order valence-corrected chi connectivity index (χ2v) is 9.44. The van der Waals surface area contributed by atoms with Crippen LogP contribution in [0.3, 0.4) is 0 Å². The molecule has 0 fully saturated rings. The fraction of sp³-hybridized carbons (Fsp3) is 0.188. The number of hydrogen-bond donors (Lipinski definition) is 1. The van der Waals surface area contributed by atoms with E-state index in [9.17, 15) is 0 Å². The molecule has 0 heterocycles. The number of nitrogens with one attached hydrogen (secondary N) is 1. The van der Waals surface area contributed by atoms with Crippen LogP contribution in [0.5, 0.6) is 0 Å². The molecule has 1 nitrogen and oxygen atoms in total. The van der Waals surface area contributed by atoms with E-state index in [-0.39, 0.29) is 5.41 Å². The zero-order chi connectivity index (χ0) is 22.3. The Balaban J connectivity index is 1.62. The molecule has 0 amide bonds. The predicted molar refractivity (Wildman–Crippen MR) is 139 cm³/mol. The molecule has 0 spiro atoms. The number of fused-ring (bicyclic) bond motifs is 3. The molecule has 162 valence electrons. The topological polar surface area (TPSA) is 12.0 Å². The van der Waals surface area contributed by atoms with E-state index in [1.807, 2.05) is 0 Å². The Hall–Kier alpha value is -3.58. The van der Waals surface area contributed by atoms with Crippen molar-refractivity contribution < 1.29 is 0 Å². The summed E-state index contributed by atoms with van der Waals surface area (Å²) < 4.78 is 0. The average Bonchev–Trinajstić information content (AvgIpc) is 3.16. The summed E-state index contributed by atoms with van der Waals surface area (Å²) >= 11 is 0. The maximum Gasteiger partial charge on any atom is 0.0711 e. The normalized spacial score (nSPS) is 22.9. The van der Waals surface area contributed by atoms with E-state index >= 15 is 0 Å². The van der Waals surface area contributed by atoms with Gasteiger partial charge < -0.3 is 5.32 Å². The van der Waals surface area contributed by atoms with E-state index in [2.05, 4.69) is 121 Å². The summed E-state index contributed by atoms with van der Waals surface area (Å²) in [7, 11) is 0. The van der Waals surface area contributed by atoms with Gasteiger partial charge >= 0.3 is 0 Å². The second-order valence-electron chi connectivity index (χ2n) is 9.44. The quantitative estimate of drug-likeness (QED) is 0.443. The van der Waals surface area contributed by atoms with Crippen molar-refractivity contribution in [1.82, 2.24) is 0 Å². The van der Waals surface area contributed by atoms with Gasteiger partial charge in [0.05, 0.1) is 5.41 Å². The molecule has 0 aromatic heterocycles. The van der Waals surface area contributed by atoms with Crippen LogP contribution in [0.1, 0.15) is 42.9 Å². The standard InChI is InChI=1S/C32H29N/c1-23-11-10-14-25(21-23)32(24-12-4-2-5-13-24)30-18-9-8-17-28(30)29-20-19-27(22-31(29)32)33-26-15-6-3-7-16-26/h2-6,8-10,12-15,17-23,33H,7,11,16H2,1H3/t23-,32?/m1/s1. The van der Waals surface area contributed by atoms with Crippen LogP contribution >= 0.6 is 0 Å². The fourth-order valence-electron chi connectivity index (χ4n) is 5.82. The molecule has 1 N–H and O–H groups in total. The van der Waals surface area contributed by atoms with Crippen molar-refractivity contribution in [1.29, 1.82) is 0 Å². The first kappa shape index (κ1) is 20.1. The third kappa shape index (κ3) is 3.23. The van der Waals surface area contributed by atoms with Gasteiger partial charge in [-0.05, 0) is 76.8 Å². The van der Waals surface area contributed by atoms with Gasteiger partial charge in [-0.3, -0.25) is 0 Å². The number of rotatable bonds is 4. The van der Waals surface area contributed by atoms with Gasteiger partial charge in [-0.1, -0.05) is 98.0 Å². The molecule has 3 aromatic rings. The summed E-state index contributed by atoms with van der Waals surface area (Å²) in [6, 6.07) is 27.0. The highest BCUT2D eigenvalue weighted by Gasteiger charge is 2.47. The Bertz CT molecular complexity index is 1320. The van der Waals surface area contributed by atoms with Crippen molar-refractivity contribution in [3.63, 3.8) is 0 Å². The molecule has 3 aliphatic rings. The van der Waals surface area contributed by atoms with Crippen LogP contribution < -0.4 is 5.32 Å². The molecule has 0 radical (unpaired) electrons. The molecule has 6 rings (SSSR count). The highest BCUT2D eigenvalue weighted by atomic mass is 14.9. The summed E-state index contributed by atoms with van der Waals surface area (Å²) in [5, 5.41) is 3.71. The van der Waals surface area contributed by atoms with Crippen molar-refractivity contribution >= 4 is 5.69 Å². The number of anilines is 1. The molecule has 0 saturated carbocycles. The van der Waals surface area contributed by atoms with Crippen LogP contribution in [0.25, 0.3) is 11.1 Å². The van der Waals surface area contributed by atoms with Gasteiger partial charge in [0.1, 0.15) is 0 Å². The predicted octanol–water partition coefficient (Wildman–Crippen LogP) is 8.17. The monoisotopic (exact) mass is 427 g/mol. The minimum absolute atomic E-state index is 0.309. The van der Waals surface area contributed by atoms with E-state index < -0.39 is 0 Å². The van der Waals surface area contributed by atoms with Crippen LogP contribution in [0.4, 0.5) is 5.69 Å².